The lowest BCUT2D eigenvalue weighted by Crippen LogP contribution is -2.29. The molecular formula is C25H35N5O3S. The normalized spacial score (nSPS) is 12.7. The molecule has 0 radical (unpaired) electrons. The molecule has 8 nitrogen and oxygen atoms in total. The largest absolute Gasteiger partial charge is 0.348 e. The fourth-order valence-electron chi connectivity index (χ4n) is 3.52. The summed E-state index contributed by atoms with van der Waals surface area (Å²) in [6.07, 6.45) is 4.98. The standard InChI is InChI=1S/C21H23N5O3S.2C2H6/c1-15-5-7-16(8-6-15)22-20(27)19-11-18(26(28)29)13-25(19)12-17-14-30-21(23-17)24-9-3-2-4-10-24;2*1-2/h5-8,11,13-14H,2-4,9-10,12H2,1H3,(H,22,27);2*1-2H3. The third kappa shape index (κ3) is 7.15. The first-order chi connectivity index (χ1) is 16.5. The Kier molecular flexibility index (Phi) is 10.7. The quantitative estimate of drug-likeness (QED) is 0.317. The van der Waals surface area contributed by atoms with Crippen LogP contribution >= 0.6 is 11.3 Å². The summed E-state index contributed by atoms with van der Waals surface area (Å²) in [5.41, 5.74) is 2.63. The molecule has 1 aromatic carbocycles. The molecule has 1 N–H and O–H groups in total. The Morgan fingerprint density at radius 2 is 1.76 bits per heavy atom. The van der Waals surface area contributed by atoms with Gasteiger partial charge in [-0.2, -0.15) is 0 Å². The van der Waals surface area contributed by atoms with E-state index in [0.29, 0.717) is 12.2 Å². The van der Waals surface area contributed by atoms with Gasteiger partial charge in [0.05, 0.1) is 23.4 Å². The number of aromatic nitrogens is 2. The van der Waals surface area contributed by atoms with Crippen LogP contribution in [0.1, 0.15) is 68.7 Å². The Morgan fingerprint density at radius 1 is 1.12 bits per heavy atom. The second-order valence-corrected chi connectivity index (χ2v) is 8.29. The second kappa shape index (κ2) is 13.5. The molecule has 1 aliphatic heterocycles. The van der Waals surface area contributed by atoms with Crippen molar-refractivity contribution in [2.45, 2.75) is 60.4 Å². The van der Waals surface area contributed by atoms with E-state index >= 15 is 0 Å². The SMILES string of the molecule is CC.CC.Cc1ccc(NC(=O)c2cc([N+](=O)[O-])cn2Cc2csc(N3CCCCC3)n2)cc1. The molecule has 0 unspecified atom stereocenters. The summed E-state index contributed by atoms with van der Waals surface area (Å²) in [6, 6.07) is 8.71. The van der Waals surface area contributed by atoms with Gasteiger partial charge in [-0.25, -0.2) is 4.98 Å². The Balaban J connectivity index is 0.000000970. The van der Waals surface area contributed by atoms with Crippen LogP contribution in [0.2, 0.25) is 0 Å². The van der Waals surface area contributed by atoms with Gasteiger partial charge in [-0.05, 0) is 38.3 Å². The predicted molar refractivity (Wildman–Crippen MR) is 140 cm³/mol. The van der Waals surface area contributed by atoms with Gasteiger partial charge in [0.2, 0.25) is 0 Å². The molecule has 1 amide bonds. The topological polar surface area (TPSA) is 93.3 Å². The Hall–Kier alpha value is -3.20. The minimum absolute atomic E-state index is 0.115. The minimum atomic E-state index is -0.487. The van der Waals surface area contributed by atoms with E-state index in [1.165, 1.54) is 31.5 Å². The van der Waals surface area contributed by atoms with Crippen LogP contribution in [0.3, 0.4) is 0 Å². The minimum Gasteiger partial charge on any atom is -0.348 e. The second-order valence-electron chi connectivity index (χ2n) is 7.46. The number of amides is 1. The zero-order chi connectivity index (χ0) is 25.1. The van der Waals surface area contributed by atoms with E-state index in [2.05, 4.69) is 10.2 Å². The number of aryl methyl sites for hydroxylation is 1. The number of rotatable bonds is 6. The molecular weight excluding hydrogens is 450 g/mol. The highest BCUT2D eigenvalue weighted by molar-refractivity contribution is 7.13. The molecule has 3 heterocycles. The summed E-state index contributed by atoms with van der Waals surface area (Å²) >= 11 is 1.57. The number of thiazole rings is 1. The molecule has 2 aromatic heterocycles. The van der Waals surface area contributed by atoms with Crippen LogP contribution in [0.25, 0.3) is 0 Å². The zero-order valence-corrected chi connectivity index (χ0v) is 21.5. The summed E-state index contributed by atoms with van der Waals surface area (Å²) in [4.78, 5) is 30.6. The van der Waals surface area contributed by atoms with Crippen LogP contribution in [0.5, 0.6) is 0 Å². The van der Waals surface area contributed by atoms with Gasteiger partial charge < -0.3 is 14.8 Å². The van der Waals surface area contributed by atoms with Gasteiger partial charge in [0, 0.05) is 30.2 Å². The van der Waals surface area contributed by atoms with Gasteiger partial charge in [-0.3, -0.25) is 14.9 Å². The van der Waals surface area contributed by atoms with E-state index in [1.807, 2.05) is 52.1 Å². The number of carbonyl (C=O) groups excluding carboxylic acids is 1. The van der Waals surface area contributed by atoms with Crippen LogP contribution in [0, 0.1) is 17.0 Å². The maximum atomic E-state index is 12.8. The highest BCUT2D eigenvalue weighted by Crippen LogP contribution is 2.26. The number of nitrogens with zero attached hydrogens (tertiary/aromatic N) is 4. The van der Waals surface area contributed by atoms with Crippen LogP contribution in [0.4, 0.5) is 16.5 Å². The molecule has 1 fully saturated rings. The number of nitrogens with one attached hydrogen (secondary N) is 1. The average molecular weight is 486 g/mol. The summed E-state index contributed by atoms with van der Waals surface area (Å²) in [6.45, 7) is 12.3. The number of hydrogen-bond acceptors (Lipinski definition) is 6. The third-order valence-corrected chi connectivity index (χ3v) is 6.08. The van der Waals surface area contributed by atoms with Crippen molar-refractivity contribution in [2.75, 3.05) is 23.3 Å². The van der Waals surface area contributed by atoms with Crippen LogP contribution < -0.4 is 10.2 Å². The van der Waals surface area contributed by atoms with Crippen molar-refractivity contribution < 1.29 is 9.72 Å². The average Bonchev–Trinajstić information content (AvgIpc) is 3.52. The molecule has 4 rings (SSSR count). The monoisotopic (exact) mass is 485 g/mol. The summed E-state index contributed by atoms with van der Waals surface area (Å²) < 4.78 is 1.59. The molecule has 0 aliphatic carbocycles. The molecule has 0 saturated carbocycles. The van der Waals surface area contributed by atoms with Crippen molar-refractivity contribution in [3.63, 3.8) is 0 Å². The lowest BCUT2D eigenvalue weighted by molar-refractivity contribution is -0.384. The number of carbonyl (C=O) groups is 1. The van der Waals surface area contributed by atoms with Crippen molar-refractivity contribution in [2.24, 2.45) is 0 Å². The maximum absolute atomic E-state index is 12.8. The van der Waals surface area contributed by atoms with Crippen molar-refractivity contribution in [3.8, 4) is 0 Å². The zero-order valence-electron chi connectivity index (χ0n) is 20.7. The first-order valence-corrected chi connectivity index (χ1v) is 12.8. The lowest BCUT2D eigenvalue weighted by Gasteiger charge is -2.25. The van der Waals surface area contributed by atoms with E-state index in [1.54, 1.807) is 28.0 Å². The molecule has 184 valence electrons. The first kappa shape index (κ1) is 27.0. The summed E-state index contributed by atoms with van der Waals surface area (Å²) in [5, 5.41) is 17.0. The van der Waals surface area contributed by atoms with E-state index < -0.39 is 10.8 Å². The van der Waals surface area contributed by atoms with Crippen molar-refractivity contribution in [1.82, 2.24) is 9.55 Å². The van der Waals surface area contributed by atoms with Gasteiger partial charge in [0.1, 0.15) is 5.69 Å². The van der Waals surface area contributed by atoms with E-state index in [9.17, 15) is 14.9 Å². The smallest absolute Gasteiger partial charge is 0.287 e. The number of anilines is 2. The molecule has 0 bridgehead atoms. The Morgan fingerprint density at radius 3 is 2.38 bits per heavy atom. The van der Waals surface area contributed by atoms with Crippen molar-refractivity contribution in [1.29, 1.82) is 0 Å². The van der Waals surface area contributed by atoms with Crippen LogP contribution in [-0.4, -0.2) is 33.5 Å². The first-order valence-electron chi connectivity index (χ1n) is 11.9. The number of piperidine rings is 1. The summed E-state index contributed by atoms with van der Waals surface area (Å²) in [5.74, 6) is -0.390. The highest BCUT2D eigenvalue weighted by atomic mass is 32.1. The third-order valence-electron chi connectivity index (χ3n) is 5.13. The fraction of sp³-hybridized carbons (Fsp3) is 0.440. The molecule has 0 spiro atoms. The highest BCUT2D eigenvalue weighted by Gasteiger charge is 2.21. The predicted octanol–water partition coefficient (Wildman–Crippen LogP) is 6.50. The van der Waals surface area contributed by atoms with Gasteiger partial charge in [0.15, 0.2) is 5.13 Å². The van der Waals surface area contributed by atoms with Crippen molar-refractivity contribution in [3.05, 3.63) is 69.0 Å². The molecule has 1 saturated heterocycles. The molecule has 1 aliphatic rings. The Labute approximate surface area is 205 Å². The Bertz CT molecular complexity index is 1050. The lowest BCUT2D eigenvalue weighted by atomic mass is 10.1. The van der Waals surface area contributed by atoms with Crippen molar-refractivity contribution >= 4 is 33.8 Å². The number of nitro groups is 1. The number of benzene rings is 1. The molecule has 3 aromatic rings. The van der Waals surface area contributed by atoms with Gasteiger partial charge in [-0.15, -0.1) is 11.3 Å². The van der Waals surface area contributed by atoms with Crippen LogP contribution in [-0.2, 0) is 6.54 Å². The van der Waals surface area contributed by atoms with E-state index in [-0.39, 0.29) is 11.4 Å². The summed E-state index contributed by atoms with van der Waals surface area (Å²) in [7, 11) is 0. The van der Waals surface area contributed by atoms with Gasteiger partial charge in [-0.1, -0.05) is 45.4 Å². The molecule has 9 heteroatoms. The maximum Gasteiger partial charge on any atom is 0.287 e. The number of hydrogen-bond donors (Lipinski definition) is 1. The van der Waals surface area contributed by atoms with E-state index in [4.69, 9.17) is 4.98 Å². The van der Waals surface area contributed by atoms with Gasteiger partial charge in [0.25, 0.3) is 11.6 Å². The van der Waals surface area contributed by atoms with Crippen LogP contribution in [0.15, 0.2) is 41.9 Å². The molecule has 0 atom stereocenters. The fourth-order valence-corrected chi connectivity index (χ4v) is 4.39. The molecule has 34 heavy (non-hydrogen) atoms. The van der Waals surface area contributed by atoms with E-state index in [0.717, 1.165) is 29.5 Å². The van der Waals surface area contributed by atoms with Gasteiger partial charge >= 0.3 is 0 Å².